The summed E-state index contributed by atoms with van der Waals surface area (Å²) in [4.78, 5) is 4.31. The summed E-state index contributed by atoms with van der Waals surface area (Å²) in [5.74, 6) is 1.70. The van der Waals surface area contributed by atoms with E-state index in [4.69, 9.17) is 9.47 Å². The Hall–Kier alpha value is -2.70. The van der Waals surface area contributed by atoms with E-state index in [1.165, 1.54) is 12.5 Å². The molecule has 5 nitrogen and oxygen atoms in total. The second kappa shape index (κ2) is 9.31. The number of methoxy groups -OCH3 is 1. The normalized spacial score (nSPS) is 29.4. The van der Waals surface area contributed by atoms with E-state index in [9.17, 15) is 9.50 Å². The molecule has 3 aliphatic rings. The predicted octanol–water partition coefficient (Wildman–Crippen LogP) is 6.15. The van der Waals surface area contributed by atoms with Gasteiger partial charge in [-0.25, -0.2) is 9.37 Å². The Labute approximate surface area is 212 Å². The molecule has 190 valence electrons. The molecule has 2 heterocycles. The van der Waals surface area contributed by atoms with Crippen molar-refractivity contribution in [2.75, 3.05) is 7.11 Å². The van der Waals surface area contributed by atoms with Gasteiger partial charge in [0.15, 0.2) is 0 Å². The minimum absolute atomic E-state index is 0.203. The van der Waals surface area contributed by atoms with Crippen LogP contribution in [-0.2, 0) is 11.3 Å². The fraction of sp³-hybridized carbons (Fsp3) is 0.500. The highest BCUT2D eigenvalue weighted by atomic mass is 19.1. The Morgan fingerprint density at radius 3 is 2.81 bits per heavy atom. The first-order chi connectivity index (χ1) is 17.4. The number of imidazole rings is 1. The third-order valence-corrected chi connectivity index (χ3v) is 9.04. The minimum Gasteiger partial charge on any atom is -0.497 e. The summed E-state index contributed by atoms with van der Waals surface area (Å²) in [6.45, 7) is 2.82. The number of rotatable bonds is 7. The van der Waals surface area contributed by atoms with E-state index >= 15 is 0 Å². The van der Waals surface area contributed by atoms with E-state index in [1.54, 1.807) is 25.7 Å². The van der Waals surface area contributed by atoms with Gasteiger partial charge in [0.05, 0.1) is 50.2 Å². The molecule has 0 spiro atoms. The van der Waals surface area contributed by atoms with Gasteiger partial charge in [-0.3, -0.25) is 0 Å². The number of aliphatic hydroxyl groups excluding tert-OH is 1. The number of halogens is 1. The van der Waals surface area contributed by atoms with E-state index in [2.05, 4.69) is 24.0 Å². The molecule has 3 aromatic rings. The lowest BCUT2D eigenvalue weighted by atomic mass is 9.58. The molecule has 2 fully saturated rings. The van der Waals surface area contributed by atoms with Gasteiger partial charge in [0, 0.05) is 11.1 Å². The highest BCUT2D eigenvalue weighted by Crippen LogP contribution is 2.53. The summed E-state index contributed by atoms with van der Waals surface area (Å²) in [6, 6.07) is 13.1. The highest BCUT2D eigenvalue weighted by Gasteiger charge is 2.48. The van der Waals surface area contributed by atoms with Crippen molar-refractivity contribution in [2.24, 2.45) is 17.3 Å². The quantitative estimate of drug-likeness (QED) is 0.431. The Kier molecular flexibility index (Phi) is 6.12. The lowest BCUT2D eigenvalue weighted by Crippen LogP contribution is -2.47. The van der Waals surface area contributed by atoms with Crippen LogP contribution in [0.25, 0.3) is 11.3 Å². The molecule has 0 saturated heterocycles. The SMILES string of the molecule is COc1ccc(COC2CCC3CC2CC(C)(C(O)CC2c4c(F)cccc4-c4cncn42)C3)cc1. The zero-order valence-corrected chi connectivity index (χ0v) is 21.1. The molecule has 2 aliphatic carbocycles. The van der Waals surface area contributed by atoms with E-state index in [1.807, 2.05) is 22.8 Å². The zero-order chi connectivity index (χ0) is 24.9. The van der Waals surface area contributed by atoms with Gasteiger partial charge < -0.3 is 19.1 Å². The average molecular weight is 491 g/mol. The minimum atomic E-state index is -0.533. The van der Waals surface area contributed by atoms with Crippen LogP contribution in [-0.4, -0.2) is 34.0 Å². The Bertz CT molecular complexity index is 1230. The first-order valence-electron chi connectivity index (χ1n) is 13.2. The van der Waals surface area contributed by atoms with E-state index in [0.717, 1.165) is 48.3 Å². The smallest absolute Gasteiger partial charge is 0.129 e. The molecular formula is C30H35FN2O3. The monoisotopic (exact) mass is 490 g/mol. The fourth-order valence-electron chi connectivity index (χ4n) is 7.22. The van der Waals surface area contributed by atoms with Crippen molar-refractivity contribution in [1.29, 1.82) is 0 Å². The van der Waals surface area contributed by atoms with Gasteiger partial charge >= 0.3 is 0 Å². The third-order valence-electron chi connectivity index (χ3n) is 9.04. The van der Waals surface area contributed by atoms with Crippen molar-refractivity contribution in [2.45, 2.75) is 70.3 Å². The zero-order valence-electron chi connectivity index (χ0n) is 21.1. The topological polar surface area (TPSA) is 56.5 Å². The number of hydrogen-bond donors (Lipinski definition) is 1. The number of ether oxygens (including phenoxy) is 2. The van der Waals surface area contributed by atoms with Crippen LogP contribution in [0.4, 0.5) is 4.39 Å². The molecule has 2 aromatic carbocycles. The van der Waals surface area contributed by atoms with Crippen LogP contribution in [0.15, 0.2) is 55.0 Å². The summed E-state index contributed by atoms with van der Waals surface area (Å²) < 4.78 is 28.7. The van der Waals surface area contributed by atoms with Gasteiger partial charge in [0.25, 0.3) is 0 Å². The molecule has 1 aliphatic heterocycles. The van der Waals surface area contributed by atoms with Crippen LogP contribution >= 0.6 is 0 Å². The van der Waals surface area contributed by atoms with Crippen molar-refractivity contribution in [3.8, 4) is 17.0 Å². The third kappa shape index (κ3) is 4.14. The van der Waals surface area contributed by atoms with Crippen LogP contribution in [0, 0.1) is 23.1 Å². The van der Waals surface area contributed by atoms with Gasteiger partial charge in [0.1, 0.15) is 11.6 Å². The molecule has 2 saturated carbocycles. The highest BCUT2D eigenvalue weighted by molar-refractivity contribution is 5.69. The van der Waals surface area contributed by atoms with Crippen LogP contribution in [0.2, 0.25) is 0 Å². The van der Waals surface area contributed by atoms with Crippen LogP contribution < -0.4 is 4.74 Å². The van der Waals surface area contributed by atoms with Gasteiger partial charge in [-0.1, -0.05) is 31.2 Å². The second-order valence-electron chi connectivity index (χ2n) is 11.4. The van der Waals surface area contributed by atoms with Crippen molar-refractivity contribution >= 4 is 0 Å². The summed E-state index contributed by atoms with van der Waals surface area (Å²) in [6.07, 6.45) is 9.07. The van der Waals surface area contributed by atoms with Crippen molar-refractivity contribution in [3.63, 3.8) is 0 Å². The summed E-state index contributed by atoms with van der Waals surface area (Å²) in [5, 5.41) is 11.7. The lowest BCUT2D eigenvalue weighted by molar-refractivity contribution is -0.105. The number of benzene rings is 2. The number of hydrogen-bond acceptors (Lipinski definition) is 4. The van der Waals surface area contributed by atoms with Crippen molar-refractivity contribution < 1.29 is 19.0 Å². The van der Waals surface area contributed by atoms with E-state index < -0.39 is 6.10 Å². The molecule has 0 amide bonds. The Morgan fingerprint density at radius 2 is 2.00 bits per heavy atom. The van der Waals surface area contributed by atoms with Gasteiger partial charge in [-0.15, -0.1) is 0 Å². The average Bonchev–Trinajstić information content (AvgIpc) is 3.47. The van der Waals surface area contributed by atoms with Crippen LogP contribution in [0.5, 0.6) is 5.75 Å². The molecule has 0 radical (unpaired) electrons. The summed E-state index contributed by atoms with van der Waals surface area (Å²) in [5.41, 5.74) is 3.44. The number of aliphatic hydroxyl groups is 1. The largest absolute Gasteiger partial charge is 0.497 e. The maximum absolute atomic E-state index is 14.9. The maximum Gasteiger partial charge on any atom is 0.129 e. The molecule has 1 aromatic heterocycles. The molecular weight excluding hydrogens is 455 g/mol. The number of nitrogens with zero attached hydrogens (tertiary/aromatic N) is 2. The second-order valence-corrected chi connectivity index (χ2v) is 11.4. The first kappa shape index (κ1) is 23.7. The molecule has 36 heavy (non-hydrogen) atoms. The fourth-order valence-corrected chi connectivity index (χ4v) is 7.22. The van der Waals surface area contributed by atoms with Crippen LogP contribution in [0.1, 0.15) is 62.6 Å². The van der Waals surface area contributed by atoms with Crippen molar-refractivity contribution in [3.05, 3.63) is 71.9 Å². The van der Waals surface area contributed by atoms with E-state index in [0.29, 0.717) is 30.4 Å². The van der Waals surface area contributed by atoms with Gasteiger partial charge in [-0.05, 0) is 79.5 Å². The molecule has 1 N–H and O–H groups in total. The molecule has 6 rings (SSSR count). The molecule has 6 unspecified atom stereocenters. The number of aromatic nitrogens is 2. The Morgan fingerprint density at radius 1 is 1.17 bits per heavy atom. The first-order valence-corrected chi connectivity index (χ1v) is 13.2. The van der Waals surface area contributed by atoms with Gasteiger partial charge in [-0.2, -0.15) is 0 Å². The summed E-state index contributed by atoms with van der Waals surface area (Å²) >= 11 is 0. The van der Waals surface area contributed by atoms with Gasteiger partial charge in [0.2, 0.25) is 0 Å². The molecule has 6 heteroatoms. The molecule has 6 atom stereocenters. The maximum atomic E-state index is 14.9. The molecule has 2 bridgehead atoms. The van der Waals surface area contributed by atoms with E-state index in [-0.39, 0.29) is 23.4 Å². The standard InChI is InChI=1S/C30H35FN2O3/c1-30(28(34)13-25-29-23(4-3-5-24(29)31)26-16-32-18-33(25)26)14-20-8-11-27(21(12-20)15-30)36-17-19-6-9-22(35-2)10-7-19/h3-7,9-10,16,18,20-21,25,27-28,34H,8,11-15,17H2,1-2H3. The lowest BCUT2D eigenvalue weighted by Gasteiger charge is -2.50. The Balaban J connectivity index is 1.16. The van der Waals surface area contributed by atoms with Crippen molar-refractivity contribution in [1.82, 2.24) is 9.55 Å². The summed E-state index contributed by atoms with van der Waals surface area (Å²) in [7, 11) is 1.68. The van der Waals surface area contributed by atoms with Crippen LogP contribution in [0.3, 0.4) is 0 Å². The predicted molar refractivity (Wildman–Crippen MR) is 136 cm³/mol. The number of fused-ring (bicyclic) bond motifs is 5.